The molecule has 0 aliphatic carbocycles. The van der Waals surface area contributed by atoms with E-state index in [1.807, 2.05) is 13.1 Å². The molecule has 0 spiro atoms. The van der Waals surface area contributed by atoms with E-state index in [9.17, 15) is 4.79 Å². The minimum atomic E-state index is -0.0835. The third-order valence-corrected chi connectivity index (χ3v) is 3.12. The van der Waals surface area contributed by atoms with E-state index in [1.165, 1.54) is 0 Å². The molecule has 1 amide bonds. The monoisotopic (exact) mass is 277 g/mol. The van der Waals surface area contributed by atoms with E-state index in [-0.39, 0.29) is 11.3 Å². The van der Waals surface area contributed by atoms with Crippen LogP contribution < -0.4 is 10.6 Å². The van der Waals surface area contributed by atoms with Gasteiger partial charge >= 0.3 is 0 Å². The second-order valence-electron chi connectivity index (χ2n) is 6.56. The molecule has 0 radical (unpaired) electrons. The van der Waals surface area contributed by atoms with Gasteiger partial charge in [0.15, 0.2) is 0 Å². The van der Waals surface area contributed by atoms with Crippen molar-refractivity contribution in [2.45, 2.75) is 46.5 Å². The number of nitrogens with one attached hydrogen (secondary N) is 2. The Morgan fingerprint density at radius 2 is 1.95 bits per heavy atom. The van der Waals surface area contributed by atoms with Gasteiger partial charge in [0.2, 0.25) is 0 Å². The summed E-state index contributed by atoms with van der Waals surface area (Å²) in [5, 5.41) is 5.98. The summed E-state index contributed by atoms with van der Waals surface area (Å²) >= 11 is 0. The van der Waals surface area contributed by atoms with Crippen LogP contribution in [-0.2, 0) is 5.41 Å². The standard InChI is InChI=1S/C16H27N3O/c1-11(2)7-8-18-15(20)12-9-13(16(3,4)5)19-14(10-12)17-6/h9-11H,7-8H2,1-6H3,(H,17,19)(H,18,20). The lowest BCUT2D eigenvalue weighted by Gasteiger charge is -2.19. The fourth-order valence-electron chi connectivity index (χ4n) is 1.75. The largest absolute Gasteiger partial charge is 0.373 e. The molecule has 1 heterocycles. The number of aromatic nitrogens is 1. The van der Waals surface area contributed by atoms with Crippen LogP contribution in [0.1, 0.15) is 57.1 Å². The third-order valence-electron chi connectivity index (χ3n) is 3.12. The van der Waals surface area contributed by atoms with E-state index in [0.29, 0.717) is 18.0 Å². The van der Waals surface area contributed by atoms with Crippen LogP contribution in [0, 0.1) is 5.92 Å². The average Bonchev–Trinajstić information content (AvgIpc) is 2.36. The summed E-state index contributed by atoms with van der Waals surface area (Å²) in [5.74, 6) is 1.28. The lowest BCUT2D eigenvalue weighted by molar-refractivity contribution is 0.0952. The quantitative estimate of drug-likeness (QED) is 0.869. The highest BCUT2D eigenvalue weighted by atomic mass is 16.1. The second kappa shape index (κ2) is 6.73. The Labute approximate surface area is 122 Å². The smallest absolute Gasteiger partial charge is 0.251 e. The van der Waals surface area contributed by atoms with Gasteiger partial charge in [-0.15, -0.1) is 0 Å². The van der Waals surface area contributed by atoms with E-state index in [2.05, 4.69) is 50.2 Å². The molecule has 1 aromatic rings. The lowest BCUT2D eigenvalue weighted by atomic mass is 9.90. The molecule has 2 N–H and O–H groups in total. The van der Waals surface area contributed by atoms with Crippen LogP contribution in [0.5, 0.6) is 0 Å². The van der Waals surface area contributed by atoms with Gasteiger partial charge in [0.1, 0.15) is 5.82 Å². The Balaban J connectivity index is 2.91. The van der Waals surface area contributed by atoms with E-state index in [1.54, 1.807) is 6.07 Å². The number of pyridine rings is 1. The zero-order chi connectivity index (χ0) is 15.3. The van der Waals surface area contributed by atoms with Crippen molar-refractivity contribution in [3.05, 3.63) is 23.4 Å². The minimum Gasteiger partial charge on any atom is -0.373 e. The first-order valence-electron chi connectivity index (χ1n) is 7.22. The van der Waals surface area contributed by atoms with E-state index in [4.69, 9.17) is 0 Å². The number of rotatable bonds is 5. The molecule has 0 saturated heterocycles. The van der Waals surface area contributed by atoms with Gasteiger partial charge in [0.05, 0.1) is 0 Å². The maximum absolute atomic E-state index is 12.2. The molecule has 1 aromatic heterocycles. The molecule has 0 atom stereocenters. The molecular formula is C16H27N3O. The summed E-state index contributed by atoms with van der Waals surface area (Å²) < 4.78 is 0. The zero-order valence-electron chi connectivity index (χ0n) is 13.5. The first-order chi connectivity index (χ1) is 9.24. The van der Waals surface area contributed by atoms with Gasteiger partial charge < -0.3 is 10.6 Å². The molecular weight excluding hydrogens is 250 g/mol. The van der Waals surface area contributed by atoms with Crippen molar-refractivity contribution in [3.8, 4) is 0 Å². The van der Waals surface area contributed by atoms with Gasteiger partial charge in [-0.1, -0.05) is 34.6 Å². The highest BCUT2D eigenvalue weighted by Gasteiger charge is 2.19. The normalized spacial score (nSPS) is 11.6. The molecule has 0 aromatic carbocycles. The van der Waals surface area contributed by atoms with Crippen molar-refractivity contribution in [2.75, 3.05) is 18.9 Å². The topological polar surface area (TPSA) is 54.0 Å². The number of hydrogen-bond acceptors (Lipinski definition) is 3. The fourth-order valence-corrected chi connectivity index (χ4v) is 1.75. The maximum atomic E-state index is 12.2. The van der Waals surface area contributed by atoms with Gasteiger partial charge in [-0.2, -0.15) is 0 Å². The predicted molar refractivity (Wildman–Crippen MR) is 84.3 cm³/mol. The first-order valence-corrected chi connectivity index (χ1v) is 7.22. The molecule has 112 valence electrons. The molecule has 0 aliphatic heterocycles. The van der Waals surface area contributed by atoms with Gasteiger partial charge in [0.25, 0.3) is 5.91 Å². The third kappa shape index (κ3) is 4.83. The summed E-state index contributed by atoms with van der Waals surface area (Å²) in [7, 11) is 1.81. The first kappa shape index (κ1) is 16.5. The van der Waals surface area contributed by atoms with E-state index < -0.39 is 0 Å². The molecule has 0 unspecified atom stereocenters. The van der Waals surface area contributed by atoms with E-state index in [0.717, 1.165) is 17.9 Å². The van der Waals surface area contributed by atoms with Crippen LogP contribution >= 0.6 is 0 Å². The maximum Gasteiger partial charge on any atom is 0.251 e. The zero-order valence-corrected chi connectivity index (χ0v) is 13.5. The van der Waals surface area contributed by atoms with Gasteiger partial charge in [-0.25, -0.2) is 4.98 Å². The highest BCUT2D eigenvalue weighted by molar-refractivity contribution is 5.95. The van der Waals surface area contributed by atoms with Crippen LogP contribution in [0.25, 0.3) is 0 Å². The number of hydrogen-bond donors (Lipinski definition) is 2. The summed E-state index contributed by atoms with van der Waals surface area (Å²) in [4.78, 5) is 16.7. The van der Waals surface area contributed by atoms with E-state index >= 15 is 0 Å². The number of amides is 1. The molecule has 20 heavy (non-hydrogen) atoms. The minimum absolute atomic E-state index is 0.0324. The average molecular weight is 277 g/mol. The van der Waals surface area contributed by atoms with Crippen molar-refractivity contribution >= 4 is 11.7 Å². The van der Waals surface area contributed by atoms with Crippen LogP contribution in [0.2, 0.25) is 0 Å². The summed E-state index contributed by atoms with van der Waals surface area (Å²) in [5.41, 5.74) is 1.50. The number of carbonyl (C=O) groups excluding carboxylic acids is 1. The summed E-state index contributed by atoms with van der Waals surface area (Å²) in [6.45, 7) is 11.3. The molecule has 0 aliphatic rings. The van der Waals surface area contributed by atoms with Crippen LogP contribution in [0.4, 0.5) is 5.82 Å². The van der Waals surface area contributed by atoms with Crippen molar-refractivity contribution < 1.29 is 4.79 Å². The van der Waals surface area contributed by atoms with Gasteiger partial charge in [-0.05, 0) is 24.5 Å². The Morgan fingerprint density at radius 3 is 2.45 bits per heavy atom. The van der Waals surface area contributed by atoms with Crippen molar-refractivity contribution in [2.24, 2.45) is 5.92 Å². The van der Waals surface area contributed by atoms with Crippen LogP contribution in [0.15, 0.2) is 12.1 Å². The Hall–Kier alpha value is -1.58. The fraction of sp³-hybridized carbons (Fsp3) is 0.625. The molecule has 4 nitrogen and oxygen atoms in total. The molecule has 0 fully saturated rings. The SMILES string of the molecule is CNc1cc(C(=O)NCCC(C)C)cc(C(C)(C)C)n1. The molecule has 4 heteroatoms. The Morgan fingerprint density at radius 1 is 1.30 bits per heavy atom. The molecule has 1 rings (SSSR count). The van der Waals surface area contributed by atoms with Crippen molar-refractivity contribution in [1.82, 2.24) is 10.3 Å². The van der Waals surface area contributed by atoms with Crippen LogP contribution in [-0.4, -0.2) is 24.5 Å². The number of carbonyl (C=O) groups is 1. The van der Waals surface area contributed by atoms with Gasteiger partial charge in [0, 0.05) is 30.3 Å². The van der Waals surface area contributed by atoms with Gasteiger partial charge in [-0.3, -0.25) is 4.79 Å². The number of anilines is 1. The summed E-state index contributed by atoms with van der Waals surface area (Å²) in [6.07, 6.45) is 0.988. The van der Waals surface area contributed by atoms with Crippen LogP contribution in [0.3, 0.4) is 0 Å². The number of nitrogens with zero attached hydrogens (tertiary/aromatic N) is 1. The Kier molecular flexibility index (Phi) is 5.54. The Bertz CT molecular complexity index is 461. The lowest BCUT2D eigenvalue weighted by Crippen LogP contribution is -2.26. The predicted octanol–water partition coefficient (Wildman–Crippen LogP) is 3.20. The summed E-state index contributed by atoms with van der Waals surface area (Å²) in [6, 6.07) is 3.67. The molecule has 0 bridgehead atoms. The van der Waals surface area contributed by atoms with Crippen molar-refractivity contribution in [1.29, 1.82) is 0 Å². The van der Waals surface area contributed by atoms with Crippen molar-refractivity contribution in [3.63, 3.8) is 0 Å². The molecule has 0 saturated carbocycles. The highest BCUT2D eigenvalue weighted by Crippen LogP contribution is 2.23. The second-order valence-corrected chi connectivity index (χ2v) is 6.56.